The Kier molecular flexibility index (Phi) is 6.76. The van der Waals surface area contributed by atoms with Crippen molar-refractivity contribution in [3.05, 3.63) is 11.4 Å². The molecule has 0 aliphatic rings. The van der Waals surface area contributed by atoms with Crippen LogP contribution >= 0.6 is 0 Å². The SMILES string of the molecule is CCOC(=O)c1nnn(C(C)C(=O)NCCOC)c1CN. The Morgan fingerprint density at radius 3 is 2.76 bits per heavy atom. The molecule has 1 amide bonds. The van der Waals surface area contributed by atoms with Crippen molar-refractivity contribution in [2.24, 2.45) is 5.73 Å². The van der Waals surface area contributed by atoms with Crippen LogP contribution in [0.1, 0.15) is 36.1 Å². The minimum atomic E-state index is -0.643. The normalized spacial score (nSPS) is 12.0. The van der Waals surface area contributed by atoms with E-state index in [9.17, 15) is 9.59 Å². The molecule has 0 spiro atoms. The van der Waals surface area contributed by atoms with Crippen molar-refractivity contribution < 1.29 is 19.1 Å². The van der Waals surface area contributed by atoms with Gasteiger partial charge in [0.15, 0.2) is 5.69 Å². The lowest BCUT2D eigenvalue weighted by Gasteiger charge is -2.14. The number of nitrogens with two attached hydrogens (primary N) is 1. The molecule has 0 radical (unpaired) electrons. The summed E-state index contributed by atoms with van der Waals surface area (Å²) >= 11 is 0. The number of rotatable bonds is 8. The van der Waals surface area contributed by atoms with Crippen molar-refractivity contribution in [3.8, 4) is 0 Å². The number of carbonyl (C=O) groups excluding carboxylic acids is 2. The van der Waals surface area contributed by atoms with Gasteiger partial charge in [-0.15, -0.1) is 5.10 Å². The molecule has 21 heavy (non-hydrogen) atoms. The van der Waals surface area contributed by atoms with E-state index in [-0.39, 0.29) is 24.8 Å². The van der Waals surface area contributed by atoms with E-state index < -0.39 is 12.0 Å². The first-order valence-corrected chi connectivity index (χ1v) is 6.64. The van der Waals surface area contributed by atoms with E-state index in [0.717, 1.165) is 0 Å². The van der Waals surface area contributed by atoms with Gasteiger partial charge in [-0.05, 0) is 13.8 Å². The summed E-state index contributed by atoms with van der Waals surface area (Å²) in [7, 11) is 1.55. The van der Waals surface area contributed by atoms with Crippen molar-refractivity contribution in [2.45, 2.75) is 26.4 Å². The summed E-state index contributed by atoms with van der Waals surface area (Å²) in [6.07, 6.45) is 0. The second-order valence-corrected chi connectivity index (χ2v) is 4.21. The van der Waals surface area contributed by atoms with E-state index in [1.165, 1.54) is 4.68 Å². The highest BCUT2D eigenvalue weighted by atomic mass is 16.5. The average Bonchev–Trinajstić information content (AvgIpc) is 2.90. The van der Waals surface area contributed by atoms with Gasteiger partial charge in [0, 0.05) is 20.2 Å². The number of carbonyl (C=O) groups is 2. The largest absolute Gasteiger partial charge is 0.461 e. The van der Waals surface area contributed by atoms with Crippen LogP contribution in [0, 0.1) is 0 Å². The maximum absolute atomic E-state index is 12.0. The van der Waals surface area contributed by atoms with Crippen LogP contribution in [-0.2, 0) is 20.8 Å². The third kappa shape index (κ3) is 4.23. The van der Waals surface area contributed by atoms with Gasteiger partial charge in [0.05, 0.1) is 18.9 Å². The molecule has 0 aliphatic heterocycles. The van der Waals surface area contributed by atoms with Crippen molar-refractivity contribution >= 4 is 11.9 Å². The van der Waals surface area contributed by atoms with Crippen LogP contribution in [0.3, 0.4) is 0 Å². The molecule has 0 saturated heterocycles. The predicted octanol–water partition coefficient (Wildman–Crippen LogP) is -0.763. The minimum absolute atomic E-state index is 0.0246. The Labute approximate surface area is 122 Å². The maximum Gasteiger partial charge on any atom is 0.360 e. The van der Waals surface area contributed by atoms with Gasteiger partial charge in [-0.25, -0.2) is 9.48 Å². The summed E-state index contributed by atoms with van der Waals surface area (Å²) in [5.41, 5.74) is 6.03. The Morgan fingerprint density at radius 1 is 1.48 bits per heavy atom. The van der Waals surface area contributed by atoms with Crippen molar-refractivity contribution in [2.75, 3.05) is 26.9 Å². The number of methoxy groups -OCH3 is 1. The van der Waals surface area contributed by atoms with Crippen molar-refractivity contribution in [3.63, 3.8) is 0 Å². The lowest BCUT2D eigenvalue weighted by atomic mass is 10.2. The van der Waals surface area contributed by atoms with Gasteiger partial charge in [-0.2, -0.15) is 0 Å². The van der Waals surface area contributed by atoms with E-state index in [4.69, 9.17) is 15.2 Å². The van der Waals surface area contributed by atoms with E-state index >= 15 is 0 Å². The number of amides is 1. The van der Waals surface area contributed by atoms with Crippen LogP contribution in [0.5, 0.6) is 0 Å². The molecule has 0 bridgehead atoms. The molecule has 118 valence electrons. The second-order valence-electron chi connectivity index (χ2n) is 4.21. The van der Waals surface area contributed by atoms with Crippen LogP contribution in [-0.4, -0.2) is 53.7 Å². The highest BCUT2D eigenvalue weighted by molar-refractivity contribution is 5.88. The molecule has 1 aromatic rings. The Balaban J connectivity index is 2.87. The van der Waals surface area contributed by atoms with Gasteiger partial charge in [0.1, 0.15) is 6.04 Å². The molecular weight excluding hydrogens is 278 g/mol. The van der Waals surface area contributed by atoms with Crippen LogP contribution < -0.4 is 11.1 Å². The highest BCUT2D eigenvalue weighted by Gasteiger charge is 2.25. The van der Waals surface area contributed by atoms with Gasteiger partial charge in [0.2, 0.25) is 5.91 Å². The van der Waals surface area contributed by atoms with Gasteiger partial charge in [-0.3, -0.25) is 4.79 Å². The number of esters is 1. The third-order valence-corrected chi connectivity index (χ3v) is 2.80. The Bertz CT molecular complexity index is 488. The molecule has 1 unspecified atom stereocenters. The third-order valence-electron chi connectivity index (χ3n) is 2.80. The van der Waals surface area contributed by atoms with Gasteiger partial charge in [0.25, 0.3) is 0 Å². The predicted molar refractivity (Wildman–Crippen MR) is 73.5 cm³/mol. The summed E-state index contributed by atoms with van der Waals surface area (Å²) in [6, 6.07) is -0.643. The Hall–Kier alpha value is -2.00. The molecule has 0 saturated carbocycles. The van der Waals surface area contributed by atoms with Crippen LogP contribution in [0.15, 0.2) is 0 Å². The molecule has 0 fully saturated rings. The Morgan fingerprint density at radius 2 is 2.19 bits per heavy atom. The molecule has 0 aromatic carbocycles. The first kappa shape index (κ1) is 17.1. The summed E-state index contributed by atoms with van der Waals surface area (Å²) in [4.78, 5) is 23.7. The van der Waals surface area contributed by atoms with E-state index in [1.54, 1.807) is 21.0 Å². The van der Waals surface area contributed by atoms with E-state index in [2.05, 4.69) is 15.6 Å². The summed E-state index contributed by atoms with van der Waals surface area (Å²) in [6.45, 7) is 4.38. The minimum Gasteiger partial charge on any atom is -0.461 e. The van der Waals surface area contributed by atoms with Crippen LogP contribution in [0.2, 0.25) is 0 Å². The number of hydrogen-bond donors (Lipinski definition) is 2. The van der Waals surface area contributed by atoms with Crippen molar-refractivity contribution in [1.82, 2.24) is 20.3 Å². The van der Waals surface area contributed by atoms with E-state index in [0.29, 0.717) is 18.8 Å². The van der Waals surface area contributed by atoms with Crippen LogP contribution in [0.4, 0.5) is 0 Å². The van der Waals surface area contributed by atoms with Crippen molar-refractivity contribution in [1.29, 1.82) is 0 Å². The molecule has 3 N–H and O–H groups in total. The molecule has 1 heterocycles. The fourth-order valence-electron chi connectivity index (χ4n) is 1.71. The molecule has 1 atom stereocenters. The zero-order valence-corrected chi connectivity index (χ0v) is 12.5. The molecule has 1 aromatic heterocycles. The maximum atomic E-state index is 12.0. The zero-order valence-electron chi connectivity index (χ0n) is 12.5. The first-order chi connectivity index (χ1) is 10.1. The number of aromatic nitrogens is 3. The van der Waals surface area contributed by atoms with Gasteiger partial charge < -0.3 is 20.5 Å². The summed E-state index contributed by atoms with van der Waals surface area (Å²) in [5, 5.41) is 10.3. The number of hydrogen-bond acceptors (Lipinski definition) is 7. The molecular formula is C12H21N5O4. The molecule has 1 rings (SSSR count). The van der Waals surface area contributed by atoms with Gasteiger partial charge in [-0.1, -0.05) is 5.21 Å². The molecule has 0 aliphatic carbocycles. The highest BCUT2D eigenvalue weighted by Crippen LogP contribution is 2.13. The lowest BCUT2D eigenvalue weighted by molar-refractivity contribution is -0.124. The van der Waals surface area contributed by atoms with E-state index in [1.807, 2.05) is 0 Å². The quantitative estimate of drug-likeness (QED) is 0.478. The number of nitrogens with zero attached hydrogens (tertiary/aromatic N) is 3. The van der Waals surface area contributed by atoms with Crippen LogP contribution in [0.25, 0.3) is 0 Å². The van der Waals surface area contributed by atoms with Gasteiger partial charge >= 0.3 is 5.97 Å². The standard InChI is InChI=1S/C12H21N5O4/c1-4-21-12(19)10-9(7-13)17(16-15-10)8(2)11(18)14-5-6-20-3/h8H,4-7,13H2,1-3H3,(H,14,18). The fourth-order valence-corrected chi connectivity index (χ4v) is 1.71. The second kappa shape index (κ2) is 8.32. The topological polar surface area (TPSA) is 121 Å². The first-order valence-electron chi connectivity index (χ1n) is 6.64. The zero-order chi connectivity index (χ0) is 15.8. The fraction of sp³-hybridized carbons (Fsp3) is 0.667. The summed E-state index contributed by atoms with van der Waals surface area (Å²) in [5.74, 6) is -0.863. The summed E-state index contributed by atoms with van der Waals surface area (Å²) < 4.78 is 11.1. The molecule has 9 nitrogen and oxygen atoms in total. The smallest absolute Gasteiger partial charge is 0.360 e. The average molecular weight is 299 g/mol. The lowest BCUT2D eigenvalue weighted by Crippen LogP contribution is -2.34. The number of ether oxygens (including phenoxy) is 2. The molecule has 9 heteroatoms. The monoisotopic (exact) mass is 299 g/mol. The number of nitrogens with one attached hydrogen (secondary N) is 1.